The predicted octanol–water partition coefficient (Wildman–Crippen LogP) is 4.30. The molecule has 3 nitrogen and oxygen atoms in total. The topological polar surface area (TPSA) is 38.7 Å². The van der Waals surface area contributed by atoms with Gasteiger partial charge in [0.1, 0.15) is 6.10 Å². The van der Waals surface area contributed by atoms with Crippen molar-refractivity contribution in [3.63, 3.8) is 0 Å². The van der Waals surface area contributed by atoms with E-state index in [-0.39, 0.29) is 0 Å². The number of hydrogen-bond donors (Lipinski definition) is 1. The lowest BCUT2D eigenvalue weighted by molar-refractivity contribution is 0.223. The zero-order valence-corrected chi connectivity index (χ0v) is 12.8. The van der Waals surface area contributed by atoms with Crippen molar-refractivity contribution in [3.05, 3.63) is 44.1 Å². The fourth-order valence-corrected chi connectivity index (χ4v) is 3.51. The van der Waals surface area contributed by atoms with Gasteiger partial charge in [0.25, 0.3) is 0 Å². The Hall–Kier alpha value is -0.940. The Morgan fingerprint density at radius 2 is 1.95 bits per heavy atom. The van der Waals surface area contributed by atoms with Crippen LogP contribution in [0.1, 0.15) is 23.0 Å². The standard InChI is InChI=1S/C14H12Cl2O3S/c15-9-2-5-20-14(9)12(17)8-6-10(16)13-11(7-8)18-3-1-4-19-13/h2,5-7,12,17H,1,3-4H2. The molecule has 1 aromatic heterocycles. The maximum absolute atomic E-state index is 10.4. The minimum atomic E-state index is -0.822. The third-order valence-electron chi connectivity index (χ3n) is 3.03. The van der Waals surface area contributed by atoms with Gasteiger partial charge in [0.05, 0.1) is 28.1 Å². The molecule has 1 N–H and O–H groups in total. The molecule has 0 amide bonds. The van der Waals surface area contributed by atoms with E-state index in [1.807, 2.05) is 5.38 Å². The van der Waals surface area contributed by atoms with Crippen molar-refractivity contribution in [2.75, 3.05) is 13.2 Å². The smallest absolute Gasteiger partial charge is 0.179 e. The van der Waals surface area contributed by atoms with Crippen LogP contribution in [-0.4, -0.2) is 18.3 Å². The Kier molecular flexibility index (Phi) is 4.08. The minimum Gasteiger partial charge on any atom is -0.489 e. The SMILES string of the molecule is OC(c1cc(Cl)c2c(c1)OCCCO2)c1sccc1Cl. The zero-order valence-electron chi connectivity index (χ0n) is 10.4. The molecule has 6 heteroatoms. The normalized spacial score (nSPS) is 15.8. The minimum absolute atomic E-state index is 0.436. The number of ether oxygens (including phenoxy) is 2. The average molecular weight is 331 g/mol. The van der Waals surface area contributed by atoms with Gasteiger partial charge in [-0.3, -0.25) is 0 Å². The van der Waals surface area contributed by atoms with Gasteiger partial charge in [-0.25, -0.2) is 0 Å². The van der Waals surface area contributed by atoms with Gasteiger partial charge in [-0.2, -0.15) is 0 Å². The van der Waals surface area contributed by atoms with Crippen LogP contribution < -0.4 is 9.47 Å². The molecule has 1 unspecified atom stereocenters. The molecule has 1 aromatic carbocycles. The van der Waals surface area contributed by atoms with Crippen molar-refractivity contribution < 1.29 is 14.6 Å². The molecule has 0 saturated carbocycles. The highest BCUT2D eigenvalue weighted by molar-refractivity contribution is 7.10. The van der Waals surface area contributed by atoms with E-state index >= 15 is 0 Å². The number of benzene rings is 1. The number of fused-ring (bicyclic) bond motifs is 1. The van der Waals surface area contributed by atoms with Crippen molar-refractivity contribution in [3.8, 4) is 11.5 Å². The van der Waals surface area contributed by atoms with Gasteiger partial charge in [-0.1, -0.05) is 23.2 Å². The van der Waals surface area contributed by atoms with Gasteiger partial charge in [0, 0.05) is 6.42 Å². The molecular formula is C14H12Cl2O3S. The Morgan fingerprint density at radius 1 is 1.15 bits per heavy atom. The van der Waals surface area contributed by atoms with E-state index in [2.05, 4.69) is 0 Å². The first-order chi connectivity index (χ1) is 9.66. The van der Waals surface area contributed by atoms with Crippen LogP contribution in [0.3, 0.4) is 0 Å². The molecule has 1 aliphatic heterocycles. The zero-order chi connectivity index (χ0) is 14.1. The second-order valence-electron chi connectivity index (χ2n) is 4.42. The fourth-order valence-electron chi connectivity index (χ4n) is 2.06. The summed E-state index contributed by atoms with van der Waals surface area (Å²) in [7, 11) is 0. The third kappa shape index (κ3) is 2.61. The van der Waals surface area contributed by atoms with E-state index < -0.39 is 6.10 Å². The van der Waals surface area contributed by atoms with E-state index in [0.29, 0.717) is 45.2 Å². The number of aliphatic hydroxyl groups excluding tert-OH is 1. The van der Waals surface area contributed by atoms with Crippen molar-refractivity contribution in [1.29, 1.82) is 0 Å². The molecule has 2 heterocycles. The quantitative estimate of drug-likeness (QED) is 0.892. The summed E-state index contributed by atoms with van der Waals surface area (Å²) >= 11 is 13.7. The molecule has 0 bridgehead atoms. The van der Waals surface area contributed by atoms with Crippen molar-refractivity contribution >= 4 is 34.5 Å². The summed E-state index contributed by atoms with van der Waals surface area (Å²) in [5.74, 6) is 1.11. The Morgan fingerprint density at radius 3 is 2.70 bits per heavy atom. The molecule has 0 radical (unpaired) electrons. The highest BCUT2D eigenvalue weighted by Crippen LogP contribution is 2.42. The summed E-state index contributed by atoms with van der Waals surface area (Å²) in [4.78, 5) is 0.692. The van der Waals surface area contributed by atoms with Gasteiger partial charge < -0.3 is 14.6 Å². The monoisotopic (exact) mass is 330 g/mol. The molecule has 0 spiro atoms. The average Bonchev–Trinajstić information content (AvgIpc) is 2.72. The van der Waals surface area contributed by atoms with Crippen LogP contribution >= 0.6 is 34.5 Å². The summed E-state index contributed by atoms with van der Waals surface area (Å²) in [5, 5.41) is 13.3. The van der Waals surface area contributed by atoms with Gasteiger partial charge in [0.2, 0.25) is 0 Å². The lowest BCUT2D eigenvalue weighted by atomic mass is 10.1. The highest BCUT2D eigenvalue weighted by Gasteiger charge is 2.21. The molecule has 3 rings (SSSR count). The second kappa shape index (κ2) is 5.82. The predicted molar refractivity (Wildman–Crippen MR) is 80.4 cm³/mol. The Bertz CT molecular complexity index is 627. The van der Waals surface area contributed by atoms with Crippen LogP contribution in [0.4, 0.5) is 0 Å². The molecule has 1 atom stereocenters. The molecule has 106 valence electrons. The van der Waals surface area contributed by atoms with Crippen molar-refractivity contribution in [2.24, 2.45) is 0 Å². The van der Waals surface area contributed by atoms with Gasteiger partial charge in [0.15, 0.2) is 11.5 Å². The molecular weight excluding hydrogens is 319 g/mol. The van der Waals surface area contributed by atoms with Crippen molar-refractivity contribution in [1.82, 2.24) is 0 Å². The van der Waals surface area contributed by atoms with Gasteiger partial charge in [-0.05, 0) is 29.1 Å². The maximum atomic E-state index is 10.4. The summed E-state index contributed by atoms with van der Waals surface area (Å²) in [6.07, 6.45) is -0.0169. The number of aliphatic hydroxyl groups is 1. The Labute approximate surface area is 130 Å². The first-order valence-electron chi connectivity index (χ1n) is 6.17. The second-order valence-corrected chi connectivity index (χ2v) is 6.18. The summed E-state index contributed by atoms with van der Waals surface area (Å²) in [5.41, 5.74) is 0.642. The fraction of sp³-hybridized carbons (Fsp3) is 0.286. The molecule has 1 aliphatic rings. The lowest BCUT2D eigenvalue weighted by Gasteiger charge is -2.15. The van der Waals surface area contributed by atoms with Crippen LogP contribution in [0.2, 0.25) is 10.0 Å². The molecule has 0 aliphatic carbocycles. The molecule has 0 fully saturated rings. The van der Waals surface area contributed by atoms with E-state index in [1.54, 1.807) is 18.2 Å². The summed E-state index contributed by atoms with van der Waals surface area (Å²) in [6, 6.07) is 5.21. The highest BCUT2D eigenvalue weighted by atomic mass is 35.5. The summed E-state index contributed by atoms with van der Waals surface area (Å²) in [6.45, 7) is 1.15. The third-order valence-corrected chi connectivity index (χ3v) is 4.73. The van der Waals surface area contributed by atoms with Crippen LogP contribution in [0.5, 0.6) is 11.5 Å². The van der Waals surface area contributed by atoms with Gasteiger partial charge >= 0.3 is 0 Å². The maximum Gasteiger partial charge on any atom is 0.179 e. The Balaban J connectivity index is 2.01. The first kappa shape index (κ1) is 14.0. The van der Waals surface area contributed by atoms with Crippen LogP contribution in [0, 0.1) is 0 Å². The van der Waals surface area contributed by atoms with E-state index in [9.17, 15) is 5.11 Å². The number of hydrogen-bond acceptors (Lipinski definition) is 4. The number of rotatable bonds is 2. The number of halogens is 2. The molecule has 20 heavy (non-hydrogen) atoms. The molecule has 2 aromatic rings. The summed E-state index contributed by atoms with van der Waals surface area (Å²) < 4.78 is 11.2. The first-order valence-corrected chi connectivity index (χ1v) is 7.80. The van der Waals surface area contributed by atoms with Crippen LogP contribution in [0.15, 0.2) is 23.6 Å². The van der Waals surface area contributed by atoms with E-state index in [0.717, 1.165) is 6.42 Å². The van der Waals surface area contributed by atoms with Crippen LogP contribution in [-0.2, 0) is 0 Å². The van der Waals surface area contributed by atoms with Gasteiger partial charge in [-0.15, -0.1) is 11.3 Å². The van der Waals surface area contributed by atoms with E-state index in [4.69, 9.17) is 32.7 Å². The van der Waals surface area contributed by atoms with Crippen molar-refractivity contribution in [2.45, 2.75) is 12.5 Å². The lowest BCUT2D eigenvalue weighted by Crippen LogP contribution is -2.00. The largest absolute Gasteiger partial charge is 0.489 e. The molecule has 0 saturated heterocycles. The van der Waals surface area contributed by atoms with Crippen LogP contribution in [0.25, 0.3) is 0 Å². The van der Waals surface area contributed by atoms with E-state index in [1.165, 1.54) is 11.3 Å². The number of thiophene rings is 1.